The minimum atomic E-state index is -0.786. The van der Waals surface area contributed by atoms with E-state index < -0.39 is 17.6 Å². The van der Waals surface area contributed by atoms with Gasteiger partial charge in [-0.3, -0.25) is 9.59 Å². The van der Waals surface area contributed by atoms with Crippen LogP contribution in [0.15, 0.2) is 60.3 Å². The third-order valence-corrected chi connectivity index (χ3v) is 3.52. The molecule has 0 fully saturated rings. The molecule has 0 bridgehead atoms. The second-order valence-corrected chi connectivity index (χ2v) is 5.39. The van der Waals surface area contributed by atoms with E-state index in [0.717, 1.165) is 4.90 Å². The summed E-state index contributed by atoms with van der Waals surface area (Å²) in [5.41, 5.74) is 6.48. The Kier molecular flexibility index (Phi) is 6.06. The van der Waals surface area contributed by atoms with Gasteiger partial charge < -0.3 is 11.1 Å². The Morgan fingerprint density at radius 1 is 1.23 bits per heavy atom. The molecule has 3 N–H and O–H groups in total. The van der Waals surface area contributed by atoms with Crippen LogP contribution in [0.1, 0.15) is 12.5 Å². The fraction of sp³-hybridized carbons (Fsp3) is 0.105. The van der Waals surface area contributed by atoms with Crippen LogP contribution in [0.25, 0.3) is 0 Å². The minimum absolute atomic E-state index is 0.0904. The van der Waals surface area contributed by atoms with Gasteiger partial charge in [0.15, 0.2) is 0 Å². The van der Waals surface area contributed by atoms with Crippen LogP contribution in [0.3, 0.4) is 0 Å². The number of hydrogen-bond acceptors (Lipinski definition) is 5. The summed E-state index contributed by atoms with van der Waals surface area (Å²) in [6, 6.07) is 14.0. The fourth-order valence-corrected chi connectivity index (χ4v) is 2.23. The van der Waals surface area contributed by atoms with Crippen molar-refractivity contribution in [3.8, 4) is 6.07 Å². The largest absolute Gasteiger partial charge is 0.399 e. The summed E-state index contributed by atoms with van der Waals surface area (Å²) < 4.78 is 13.6. The van der Waals surface area contributed by atoms with Crippen molar-refractivity contribution in [1.29, 1.82) is 5.26 Å². The van der Waals surface area contributed by atoms with E-state index in [-0.39, 0.29) is 12.1 Å². The second kappa shape index (κ2) is 8.44. The van der Waals surface area contributed by atoms with E-state index in [1.165, 1.54) is 31.3 Å². The number of nitrogens with one attached hydrogen (secondary N) is 1. The average Bonchev–Trinajstić information content (AvgIpc) is 2.61. The fourth-order valence-electron chi connectivity index (χ4n) is 2.23. The summed E-state index contributed by atoms with van der Waals surface area (Å²) in [4.78, 5) is 25.4. The lowest BCUT2D eigenvalue weighted by atomic mass is 10.2. The van der Waals surface area contributed by atoms with E-state index in [1.807, 2.05) is 0 Å². The molecule has 0 aliphatic rings. The number of amides is 2. The van der Waals surface area contributed by atoms with Crippen molar-refractivity contribution >= 4 is 23.2 Å². The van der Waals surface area contributed by atoms with Gasteiger partial charge in [0, 0.05) is 30.9 Å². The molecule has 0 saturated heterocycles. The van der Waals surface area contributed by atoms with Gasteiger partial charge in [-0.15, -0.1) is 0 Å². The number of hydrogen-bond donors (Lipinski definition) is 2. The first-order valence-corrected chi connectivity index (χ1v) is 7.71. The maximum Gasteiger partial charge on any atom is 0.277 e. The van der Waals surface area contributed by atoms with Gasteiger partial charge >= 0.3 is 0 Å². The van der Waals surface area contributed by atoms with Crippen LogP contribution in [0.2, 0.25) is 0 Å². The quantitative estimate of drug-likeness (QED) is 0.489. The van der Waals surface area contributed by atoms with Gasteiger partial charge in [-0.2, -0.15) is 5.26 Å². The van der Waals surface area contributed by atoms with Crippen molar-refractivity contribution < 1.29 is 14.0 Å². The Morgan fingerprint density at radius 3 is 2.46 bits per heavy atom. The maximum absolute atomic E-state index is 13.6. The second-order valence-electron chi connectivity index (χ2n) is 5.39. The number of nitrogens with two attached hydrogens (primary N) is 1. The van der Waals surface area contributed by atoms with Crippen molar-refractivity contribution in [3.05, 3.63) is 71.7 Å². The summed E-state index contributed by atoms with van der Waals surface area (Å²) in [5.74, 6) is -1.73. The van der Waals surface area contributed by atoms with Crippen molar-refractivity contribution in [2.24, 2.45) is 0 Å². The molecule has 2 rings (SSSR count). The molecule has 0 radical (unpaired) electrons. The monoisotopic (exact) mass is 352 g/mol. The molecule has 0 atom stereocenters. The average molecular weight is 352 g/mol. The standard InChI is InChI=1S/C19H17FN4O2/c1-13(25)24(17-8-6-16(22)7-9-17)19(26)15(10-21)12-23-11-14-4-2-3-5-18(14)20/h2-9,12,23H,11,22H2,1H3/b15-12-. The summed E-state index contributed by atoms with van der Waals surface area (Å²) in [6.07, 6.45) is 1.17. The van der Waals surface area contributed by atoms with E-state index in [1.54, 1.807) is 36.4 Å². The lowest BCUT2D eigenvalue weighted by molar-refractivity contribution is -0.123. The first kappa shape index (κ1) is 18.7. The van der Waals surface area contributed by atoms with Crippen LogP contribution in [0.5, 0.6) is 0 Å². The zero-order valence-corrected chi connectivity index (χ0v) is 14.1. The smallest absolute Gasteiger partial charge is 0.277 e. The molecule has 0 saturated carbocycles. The predicted molar refractivity (Wildman–Crippen MR) is 96.0 cm³/mol. The van der Waals surface area contributed by atoms with Gasteiger partial charge in [0.25, 0.3) is 5.91 Å². The first-order valence-electron chi connectivity index (χ1n) is 7.71. The van der Waals surface area contributed by atoms with Crippen molar-refractivity contribution in [1.82, 2.24) is 5.32 Å². The SMILES string of the molecule is CC(=O)N(C(=O)/C(C#N)=C\NCc1ccccc1F)c1ccc(N)cc1. The Labute approximate surface area is 150 Å². The van der Waals surface area contributed by atoms with E-state index in [4.69, 9.17) is 5.73 Å². The number of halogens is 1. The molecule has 0 aliphatic heterocycles. The Bertz CT molecular complexity index is 885. The van der Waals surface area contributed by atoms with Gasteiger partial charge in [0.1, 0.15) is 17.5 Å². The highest BCUT2D eigenvalue weighted by Crippen LogP contribution is 2.19. The lowest BCUT2D eigenvalue weighted by Crippen LogP contribution is -2.36. The third kappa shape index (κ3) is 4.45. The number of nitriles is 1. The molecule has 0 unspecified atom stereocenters. The molecule has 26 heavy (non-hydrogen) atoms. The molecule has 0 spiro atoms. The highest BCUT2D eigenvalue weighted by Gasteiger charge is 2.23. The first-order chi connectivity index (χ1) is 12.4. The minimum Gasteiger partial charge on any atom is -0.399 e. The highest BCUT2D eigenvalue weighted by molar-refractivity contribution is 6.21. The van der Waals surface area contributed by atoms with Gasteiger partial charge in [-0.25, -0.2) is 9.29 Å². The van der Waals surface area contributed by atoms with Crippen molar-refractivity contribution in [3.63, 3.8) is 0 Å². The van der Waals surface area contributed by atoms with E-state index in [2.05, 4.69) is 5.32 Å². The third-order valence-electron chi connectivity index (χ3n) is 3.52. The normalized spacial score (nSPS) is 10.7. The van der Waals surface area contributed by atoms with Gasteiger partial charge in [0.05, 0.1) is 5.69 Å². The number of anilines is 2. The number of rotatable bonds is 5. The van der Waals surface area contributed by atoms with Gasteiger partial charge in [0.2, 0.25) is 5.91 Å². The van der Waals surface area contributed by atoms with Crippen molar-refractivity contribution in [2.45, 2.75) is 13.5 Å². The Balaban J connectivity index is 2.19. The Hall–Kier alpha value is -3.66. The van der Waals surface area contributed by atoms with Crippen molar-refractivity contribution in [2.75, 3.05) is 10.6 Å². The zero-order valence-electron chi connectivity index (χ0n) is 14.1. The summed E-state index contributed by atoms with van der Waals surface area (Å²) in [6.45, 7) is 1.31. The molecule has 7 heteroatoms. The molecular weight excluding hydrogens is 335 g/mol. The number of imide groups is 1. The van der Waals surface area contributed by atoms with Crippen LogP contribution in [0.4, 0.5) is 15.8 Å². The summed E-state index contributed by atoms with van der Waals surface area (Å²) in [5, 5.41) is 12.0. The molecule has 0 heterocycles. The number of carbonyl (C=O) groups excluding carboxylic acids is 2. The maximum atomic E-state index is 13.6. The van der Waals surface area contributed by atoms with Crippen LogP contribution >= 0.6 is 0 Å². The predicted octanol–water partition coefficient (Wildman–Crippen LogP) is 2.48. The molecule has 132 valence electrons. The van der Waals surface area contributed by atoms with Crippen LogP contribution < -0.4 is 16.0 Å². The number of nitrogen functional groups attached to an aromatic ring is 1. The molecule has 6 nitrogen and oxygen atoms in total. The lowest BCUT2D eigenvalue weighted by Gasteiger charge is -2.19. The van der Waals surface area contributed by atoms with Crippen LogP contribution in [-0.2, 0) is 16.1 Å². The molecule has 0 aromatic heterocycles. The Morgan fingerprint density at radius 2 is 1.88 bits per heavy atom. The van der Waals surface area contributed by atoms with Crippen LogP contribution in [0, 0.1) is 17.1 Å². The molecule has 2 aromatic carbocycles. The number of nitrogens with zero attached hydrogens (tertiary/aromatic N) is 2. The van der Waals surface area contributed by atoms with E-state index >= 15 is 0 Å². The molecule has 2 amide bonds. The highest BCUT2D eigenvalue weighted by atomic mass is 19.1. The summed E-state index contributed by atoms with van der Waals surface area (Å²) in [7, 11) is 0. The topological polar surface area (TPSA) is 99.2 Å². The molecular formula is C19H17FN4O2. The van der Waals surface area contributed by atoms with Gasteiger partial charge in [-0.1, -0.05) is 18.2 Å². The molecule has 2 aromatic rings. The summed E-state index contributed by atoms with van der Waals surface area (Å²) >= 11 is 0. The zero-order chi connectivity index (χ0) is 19.1. The van der Waals surface area contributed by atoms with Crippen LogP contribution in [-0.4, -0.2) is 11.8 Å². The van der Waals surface area contributed by atoms with Gasteiger partial charge in [-0.05, 0) is 30.3 Å². The van der Waals surface area contributed by atoms with E-state index in [0.29, 0.717) is 16.9 Å². The number of benzene rings is 2. The number of carbonyl (C=O) groups is 2. The molecule has 0 aliphatic carbocycles. The van der Waals surface area contributed by atoms with E-state index in [9.17, 15) is 19.2 Å².